The van der Waals surface area contributed by atoms with Crippen molar-refractivity contribution in [2.75, 3.05) is 18.4 Å². The van der Waals surface area contributed by atoms with Gasteiger partial charge in [0, 0.05) is 18.4 Å². The fourth-order valence-corrected chi connectivity index (χ4v) is 1.85. The molecule has 0 bridgehead atoms. The predicted molar refractivity (Wildman–Crippen MR) is 83.8 cm³/mol. The van der Waals surface area contributed by atoms with Crippen LogP contribution in [-0.2, 0) is 11.2 Å². The monoisotopic (exact) mass is 319 g/mol. The number of hydrogen-bond donors (Lipinski definition) is 3. The van der Waals surface area contributed by atoms with Gasteiger partial charge in [-0.05, 0) is 23.8 Å². The van der Waals surface area contributed by atoms with Crippen LogP contribution in [-0.4, -0.2) is 29.5 Å². The van der Waals surface area contributed by atoms with Gasteiger partial charge in [-0.25, -0.2) is 0 Å². The van der Waals surface area contributed by atoms with Crippen molar-refractivity contribution in [1.29, 1.82) is 0 Å². The topological polar surface area (TPSA) is 118 Å². The van der Waals surface area contributed by atoms with Crippen LogP contribution in [0.4, 0.5) is 5.95 Å². The number of nitrogen functional groups attached to an aromatic ring is 1. The van der Waals surface area contributed by atoms with Crippen molar-refractivity contribution in [1.82, 2.24) is 10.2 Å². The van der Waals surface area contributed by atoms with E-state index in [9.17, 15) is 4.79 Å². The summed E-state index contributed by atoms with van der Waals surface area (Å²) in [5.74, 6) is 7.36. The molecule has 0 radical (unpaired) electrons. The molecule has 1 aromatic heterocycles. The summed E-state index contributed by atoms with van der Waals surface area (Å²) in [5, 5.41) is 10.9. The average Bonchev–Trinajstić information content (AvgIpc) is 2.88. The second-order valence-corrected chi connectivity index (χ2v) is 4.59. The van der Waals surface area contributed by atoms with E-state index < -0.39 is 5.97 Å². The van der Waals surface area contributed by atoms with E-state index in [1.54, 1.807) is 24.4 Å². The number of H-pyrrole nitrogens is 1. The maximum absolute atomic E-state index is 11.0. The molecule has 0 saturated heterocycles. The fourth-order valence-electron chi connectivity index (χ4n) is 1.85. The lowest BCUT2D eigenvalue weighted by atomic mass is 10.2. The van der Waals surface area contributed by atoms with Crippen LogP contribution in [0.2, 0.25) is 0 Å². The Hall–Kier alpha value is -3.10. The van der Waals surface area contributed by atoms with E-state index in [0.29, 0.717) is 17.4 Å². The van der Waals surface area contributed by atoms with Crippen molar-refractivity contribution in [2.45, 2.75) is 20.3 Å². The minimum absolute atomic E-state index is 0.352. The molecule has 122 valence electrons. The lowest BCUT2D eigenvalue weighted by molar-refractivity contribution is -0.632. The Labute approximate surface area is 133 Å². The molecule has 0 aliphatic heterocycles. The molecule has 9 nitrogen and oxygen atoms in total. The molecule has 23 heavy (non-hydrogen) atoms. The van der Waals surface area contributed by atoms with Gasteiger partial charge < -0.3 is 9.47 Å². The van der Waals surface area contributed by atoms with Crippen LogP contribution in [0.25, 0.3) is 0 Å². The fraction of sp³-hybridized carbons (Fsp3) is 0.286. The molecule has 0 aliphatic carbocycles. The first kappa shape index (κ1) is 16.3. The smallest absolute Gasteiger partial charge is 0.421 e. The number of esters is 1. The summed E-state index contributed by atoms with van der Waals surface area (Å²) in [6.45, 7) is 3.29. The summed E-state index contributed by atoms with van der Waals surface area (Å²) >= 11 is 0. The summed E-state index contributed by atoms with van der Waals surface area (Å²) in [6.07, 6.45) is 2.30. The zero-order chi connectivity index (χ0) is 16.8. The molecule has 1 heterocycles. The Bertz CT molecular complexity index is 725. The van der Waals surface area contributed by atoms with Gasteiger partial charge in [-0.2, -0.15) is 10.5 Å². The van der Waals surface area contributed by atoms with E-state index in [2.05, 4.69) is 20.7 Å². The molecule has 0 amide bonds. The number of nitrogens with one attached hydrogen (secondary N) is 2. The highest BCUT2D eigenvalue weighted by Gasteiger charge is 2.14. The van der Waals surface area contributed by atoms with Crippen LogP contribution in [0.5, 0.6) is 11.5 Å². The van der Waals surface area contributed by atoms with Gasteiger partial charge in [-0.3, -0.25) is 10.6 Å². The molecule has 0 saturated carbocycles. The number of methoxy groups -OCH3 is 1. The number of aryl methyl sites for hydroxylation is 1. The van der Waals surface area contributed by atoms with Gasteiger partial charge in [0.15, 0.2) is 11.5 Å². The molecule has 0 spiro atoms. The lowest BCUT2D eigenvalue weighted by Crippen LogP contribution is -2.48. The number of ether oxygens (including phenoxy) is 2. The van der Waals surface area contributed by atoms with Crippen LogP contribution in [0, 0.1) is 0 Å². The summed E-state index contributed by atoms with van der Waals surface area (Å²) in [7, 11) is 1.49. The van der Waals surface area contributed by atoms with Gasteiger partial charge in [-0.15, -0.1) is 9.78 Å². The Balaban J connectivity index is 2.10. The van der Waals surface area contributed by atoms with Crippen molar-refractivity contribution in [3.05, 3.63) is 29.6 Å². The van der Waals surface area contributed by atoms with Crippen molar-refractivity contribution >= 4 is 18.1 Å². The Kier molecular flexibility index (Phi) is 5.13. The highest BCUT2D eigenvalue weighted by molar-refractivity contribution is 5.81. The summed E-state index contributed by atoms with van der Waals surface area (Å²) < 4.78 is 11.6. The third-order valence-corrected chi connectivity index (χ3v) is 2.96. The van der Waals surface area contributed by atoms with E-state index in [1.165, 1.54) is 18.7 Å². The Morgan fingerprint density at radius 1 is 1.52 bits per heavy atom. The average molecular weight is 319 g/mol. The van der Waals surface area contributed by atoms with Gasteiger partial charge >= 0.3 is 11.9 Å². The van der Waals surface area contributed by atoms with E-state index in [1.807, 2.05) is 6.92 Å². The van der Waals surface area contributed by atoms with Crippen molar-refractivity contribution in [2.24, 2.45) is 5.10 Å². The zero-order valence-electron chi connectivity index (χ0n) is 13.2. The number of benzene rings is 1. The molecule has 2 rings (SSSR count). The minimum atomic E-state index is -0.413. The second kappa shape index (κ2) is 7.25. The van der Waals surface area contributed by atoms with Crippen molar-refractivity contribution < 1.29 is 18.9 Å². The molecular weight excluding hydrogens is 300 g/mol. The summed E-state index contributed by atoms with van der Waals surface area (Å²) in [6, 6.07) is 5.07. The minimum Gasteiger partial charge on any atom is -0.493 e. The number of carbonyl (C=O) groups excluding carboxylic acids is 1. The van der Waals surface area contributed by atoms with Gasteiger partial charge in [0.2, 0.25) is 5.82 Å². The van der Waals surface area contributed by atoms with Crippen LogP contribution in [0.1, 0.15) is 25.2 Å². The van der Waals surface area contributed by atoms with Gasteiger partial charge in [0.1, 0.15) is 0 Å². The largest absolute Gasteiger partial charge is 0.493 e. The SMILES string of the molecule is CCc1[nH]nc(NN=Cc2ccc(OC(C)=O)c(OC)c2)[n+]1N. The number of nitrogens with zero attached hydrogens (tertiary/aromatic N) is 3. The third-order valence-electron chi connectivity index (χ3n) is 2.96. The number of anilines is 1. The number of rotatable bonds is 6. The molecular formula is C14H19N6O3+. The van der Waals surface area contributed by atoms with Crippen LogP contribution in [0.15, 0.2) is 23.3 Å². The lowest BCUT2D eigenvalue weighted by Gasteiger charge is -2.08. The summed E-state index contributed by atoms with van der Waals surface area (Å²) in [4.78, 5) is 11.0. The first-order chi connectivity index (χ1) is 11.0. The maximum Gasteiger partial charge on any atom is 0.421 e. The van der Waals surface area contributed by atoms with Crippen molar-refractivity contribution in [3.8, 4) is 11.5 Å². The Morgan fingerprint density at radius 2 is 2.30 bits per heavy atom. The summed E-state index contributed by atoms with van der Waals surface area (Å²) in [5.41, 5.74) is 3.49. The van der Waals surface area contributed by atoms with Gasteiger partial charge in [0.05, 0.1) is 13.3 Å². The number of carbonyl (C=O) groups is 1. The molecule has 0 fully saturated rings. The molecule has 0 aliphatic rings. The van der Waals surface area contributed by atoms with Gasteiger partial charge in [0.25, 0.3) is 0 Å². The highest BCUT2D eigenvalue weighted by atomic mass is 16.6. The molecule has 0 unspecified atom stereocenters. The first-order valence-electron chi connectivity index (χ1n) is 6.95. The molecule has 9 heteroatoms. The molecule has 0 atom stereocenters. The van der Waals surface area contributed by atoms with Crippen LogP contribution < -0.4 is 25.4 Å². The quantitative estimate of drug-likeness (QED) is 0.177. The van der Waals surface area contributed by atoms with Gasteiger partial charge in [-0.1, -0.05) is 6.92 Å². The maximum atomic E-state index is 11.0. The second-order valence-electron chi connectivity index (χ2n) is 4.59. The predicted octanol–water partition coefficient (Wildman–Crippen LogP) is 0.353. The van der Waals surface area contributed by atoms with E-state index in [0.717, 1.165) is 17.8 Å². The van der Waals surface area contributed by atoms with E-state index >= 15 is 0 Å². The molecule has 2 aromatic rings. The third kappa shape index (κ3) is 3.96. The Morgan fingerprint density at radius 3 is 2.91 bits per heavy atom. The zero-order valence-corrected chi connectivity index (χ0v) is 13.2. The number of nitrogens with two attached hydrogens (primary N) is 1. The first-order valence-corrected chi connectivity index (χ1v) is 6.95. The van der Waals surface area contributed by atoms with Crippen LogP contribution in [0.3, 0.4) is 0 Å². The van der Waals surface area contributed by atoms with E-state index in [-0.39, 0.29) is 0 Å². The number of aromatic nitrogens is 3. The molecule has 4 N–H and O–H groups in total. The highest BCUT2D eigenvalue weighted by Crippen LogP contribution is 2.27. The number of hydrazone groups is 1. The number of aromatic amines is 1. The normalized spacial score (nSPS) is 10.7. The number of hydrogen-bond acceptors (Lipinski definition) is 7. The van der Waals surface area contributed by atoms with Crippen molar-refractivity contribution in [3.63, 3.8) is 0 Å². The standard InChI is InChI=1S/C14H18N6O3/c1-4-13-17-19-14(20(13)15)18-16-8-10-5-6-11(23-9(2)21)12(7-10)22-3/h5-8H,4,15H2,1-3H3,(H,18,19)/p+1. The molecule has 1 aromatic carbocycles. The van der Waals surface area contributed by atoms with E-state index in [4.69, 9.17) is 15.3 Å². The van der Waals surface area contributed by atoms with Crippen LogP contribution >= 0.6 is 0 Å².